The molecule has 1 atom stereocenters. The SMILES string of the molecule is C[C@H](c1cc(C(C)(C)C)cc(C(C)(C)C)c1O)N(Cc1cc(C(C)(C)C)cc(C(C)(C)C)c1O)Cc1cc(C(C)(C)C)cc(C(C)(C)C)c1O. The molecule has 0 aliphatic heterocycles. The molecule has 0 aliphatic rings. The van der Waals surface area contributed by atoms with Crippen LogP contribution in [0.3, 0.4) is 0 Å². The van der Waals surface area contributed by atoms with Crippen molar-refractivity contribution < 1.29 is 15.3 Å². The molecule has 0 heterocycles. The van der Waals surface area contributed by atoms with Crippen LogP contribution in [0, 0.1) is 0 Å². The molecule has 4 heteroatoms. The monoisotopic (exact) mass is 686 g/mol. The molecule has 50 heavy (non-hydrogen) atoms. The van der Waals surface area contributed by atoms with Crippen molar-refractivity contribution in [2.75, 3.05) is 0 Å². The second-order valence-corrected chi connectivity index (χ2v) is 21.1. The molecule has 0 radical (unpaired) electrons. The van der Waals surface area contributed by atoms with Gasteiger partial charge in [-0.3, -0.25) is 4.90 Å². The fourth-order valence-corrected chi connectivity index (χ4v) is 6.58. The van der Waals surface area contributed by atoms with Gasteiger partial charge in [-0.15, -0.1) is 0 Å². The molecule has 0 aliphatic carbocycles. The summed E-state index contributed by atoms with van der Waals surface area (Å²) < 4.78 is 0. The van der Waals surface area contributed by atoms with Crippen LogP contribution in [0.15, 0.2) is 36.4 Å². The molecular weight excluding hydrogens is 615 g/mol. The van der Waals surface area contributed by atoms with E-state index in [0.29, 0.717) is 30.3 Å². The van der Waals surface area contributed by atoms with Crippen molar-refractivity contribution in [2.24, 2.45) is 0 Å². The van der Waals surface area contributed by atoms with Crippen LogP contribution in [-0.4, -0.2) is 20.2 Å². The van der Waals surface area contributed by atoms with Crippen LogP contribution in [-0.2, 0) is 45.6 Å². The van der Waals surface area contributed by atoms with Crippen molar-refractivity contribution in [2.45, 2.75) is 183 Å². The number of phenolic OH excluding ortho intramolecular Hbond substituents is 3. The van der Waals surface area contributed by atoms with Gasteiger partial charge in [-0.2, -0.15) is 0 Å². The van der Waals surface area contributed by atoms with E-state index >= 15 is 0 Å². The molecule has 3 aromatic rings. The molecule has 278 valence electrons. The molecule has 0 saturated heterocycles. The Hall–Kier alpha value is -2.98. The highest BCUT2D eigenvalue weighted by Crippen LogP contribution is 2.45. The highest BCUT2D eigenvalue weighted by atomic mass is 16.3. The number of aromatic hydroxyl groups is 3. The summed E-state index contributed by atoms with van der Waals surface area (Å²) >= 11 is 0. The summed E-state index contributed by atoms with van der Waals surface area (Å²) in [5, 5.41) is 36.0. The van der Waals surface area contributed by atoms with Gasteiger partial charge in [-0.1, -0.05) is 155 Å². The molecule has 4 nitrogen and oxygen atoms in total. The molecular formula is C46H71NO3. The molecule has 0 saturated carbocycles. The van der Waals surface area contributed by atoms with Crippen molar-refractivity contribution in [3.8, 4) is 17.2 Å². The van der Waals surface area contributed by atoms with Crippen molar-refractivity contribution in [3.63, 3.8) is 0 Å². The maximum atomic E-state index is 12.1. The van der Waals surface area contributed by atoms with Gasteiger partial charge < -0.3 is 15.3 Å². The topological polar surface area (TPSA) is 63.9 Å². The summed E-state index contributed by atoms with van der Waals surface area (Å²) in [5.41, 5.74) is 7.64. The summed E-state index contributed by atoms with van der Waals surface area (Å²) in [4.78, 5) is 2.32. The average molecular weight is 686 g/mol. The molecule has 0 amide bonds. The number of benzene rings is 3. The van der Waals surface area contributed by atoms with Crippen LogP contribution in [0.2, 0.25) is 0 Å². The lowest BCUT2D eigenvalue weighted by Crippen LogP contribution is -2.29. The first-order valence-electron chi connectivity index (χ1n) is 18.6. The first-order valence-corrected chi connectivity index (χ1v) is 18.6. The lowest BCUT2D eigenvalue weighted by atomic mass is 9.77. The van der Waals surface area contributed by atoms with Gasteiger partial charge in [0.05, 0.1) is 0 Å². The third kappa shape index (κ3) is 9.27. The minimum atomic E-state index is -0.271. The maximum Gasteiger partial charge on any atom is 0.124 e. The molecule has 0 aromatic heterocycles. The Morgan fingerprint density at radius 1 is 0.420 bits per heavy atom. The Morgan fingerprint density at radius 2 is 0.700 bits per heavy atom. The standard InChI is InChI=1S/C46H71NO3/c1-28(34-22-33(43(8,9)10)25-37(40(34)50)46(17,18)19)47(26-29-20-31(41(2,3)4)23-35(38(29)48)44(11,12)13)27-30-21-32(42(5,6)7)24-36(39(30)49)45(14,15)16/h20-25,28,48-50H,26-27H2,1-19H3/t28-/m1/s1. The van der Waals surface area contributed by atoms with Crippen LogP contribution >= 0.6 is 0 Å². The number of nitrogens with zero attached hydrogens (tertiary/aromatic N) is 1. The van der Waals surface area contributed by atoms with Gasteiger partial charge in [0.1, 0.15) is 17.2 Å². The quantitative estimate of drug-likeness (QED) is 0.242. The van der Waals surface area contributed by atoms with Crippen molar-refractivity contribution in [3.05, 3.63) is 86.5 Å². The second kappa shape index (κ2) is 13.5. The first kappa shape index (κ1) is 41.4. The van der Waals surface area contributed by atoms with E-state index in [1.807, 2.05) is 0 Å². The Morgan fingerprint density at radius 3 is 0.980 bits per heavy atom. The van der Waals surface area contributed by atoms with Crippen molar-refractivity contribution in [1.29, 1.82) is 0 Å². The summed E-state index contributed by atoms with van der Waals surface area (Å²) in [5.74, 6) is 0.941. The fourth-order valence-electron chi connectivity index (χ4n) is 6.58. The summed E-state index contributed by atoms with van der Waals surface area (Å²) in [6.07, 6.45) is 0. The largest absolute Gasteiger partial charge is 0.507 e. The molecule has 0 fully saturated rings. The minimum absolute atomic E-state index is 0.124. The number of phenols is 3. The van der Waals surface area contributed by atoms with E-state index < -0.39 is 0 Å². The first-order chi connectivity index (χ1) is 22.2. The van der Waals surface area contributed by atoms with Gasteiger partial charge in [-0.25, -0.2) is 0 Å². The lowest BCUT2D eigenvalue weighted by molar-refractivity contribution is 0.183. The van der Waals surface area contributed by atoms with Gasteiger partial charge in [0.15, 0.2) is 0 Å². The zero-order chi connectivity index (χ0) is 38.7. The summed E-state index contributed by atoms with van der Waals surface area (Å²) in [7, 11) is 0. The summed E-state index contributed by atoms with van der Waals surface area (Å²) in [6, 6.07) is 12.7. The zero-order valence-electron chi connectivity index (χ0n) is 35.2. The third-order valence-corrected chi connectivity index (χ3v) is 10.3. The van der Waals surface area contributed by atoms with Crippen LogP contribution in [0.25, 0.3) is 0 Å². The van der Waals surface area contributed by atoms with Crippen LogP contribution < -0.4 is 0 Å². The lowest BCUT2D eigenvalue weighted by Gasteiger charge is -2.35. The van der Waals surface area contributed by atoms with E-state index in [1.54, 1.807) is 0 Å². The molecule has 0 bridgehead atoms. The van der Waals surface area contributed by atoms with Crippen LogP contribution in [0.4, 0.5) is 0 Å². The molecule has 3 N–H and O–H groups in total. The highest BCUT2D eigenvalue weighted by molar-refractivity contribution is 5.52. The average Bonchev–Trinajstić information content (AvgIpc) is 2.90. The smallest absolute Gasteiger partial charge is 0.124 e. The van der Waals surface area contributed by atoms with E-state index in [-0.39, 0.29) is 38.5 Å². The van der Waals surface area contributed by atoms with Gasteiger partial charge >= 0.3 is 0 Å². The van der Waals surface area contributed by atoms with E-state index in [0.717, 1.165) is 33.4 Å². The van der Waals surface area contributed by atoms with E-state index in [1.165, 1.54) is 16.7 Å². The zero-order valence-corrected chi connectivity index (χ0v) is 35.2. The summed E-state index contributed by atoms with van der Waals surface area (Å²) in [6.45, 7) is 42.2. The Kier molecular flexibility index (Phi) is 11.2. The van der Waals surface area contributed by atoms with Gasteiger partial charge in [-0.05, 0) is 78.9 Å². The predicted octanol–water partition coefficient (Wildman–Crippen LogP) is 12.4. The van der Waals surface area contributed by atoms with Crippen molar-refractivity contribution in [1.82, 2.24) is 4.90 Å². The van der Waals surface area contributed by atoms with Gasteiger partial charge in [0.2, 0.25) is 0 Å². The second-order valence-electron chi connectivity index (χ2n) is 21.1. The van der Waals surface area contributed by atoms with E-state index in [2.05, 4.69) is 173 Å². The molecule has 3 aromatic carbocycles. The molecule has 0 unspecified atom stereocenters. The minimum Gasteiger partial charge on any atom is -0.507 e. The van der Waals surface area contributed by atoms with Crippen LogP contribution in [0.1, 0.15) is 188 Å². The van der Waals surface area contributed by atoms with Crippen LogP contribution in [0.5, 0.6) is 17.2 Å². The van der Waals surface area contributed by atoms with E-state index in [4.69, 9.17) is 0 Å². The highest BCUT2D eigenvalue weighted by Gasteiger charge is 2.32. The molecule has 0 spiro atoms. The van der Waals surface area contributed by atoms with Gasteiger partial charge in [0, 0.05) is 35.8 Å². The fraction of sp³-hybridized carbons (Fsp3) is 0.609. The number of hydrogen-bond acceptors (Lipinski definition) is 4. The van der Waals surface area contributed by atoms with E-state index in [9.17, 15) is 15.3 Å². The Labute approximate surface area is 306 Å². The van der Waals surface area contributed by atoms with Gasteiger partial charge in [0.25, 0.3) is 0 Å². The Balaban J connectivity index is 2.43. The number of hydrogen-bond donors (Lipinski definition) is 3. The predicted molar refractivity (Wildman–Crippen MR) is 214 cm³/mol. The third-order valence-electron chi connectivity index (χ3n) is 10.3. The maximum absolute atomic E-state index is 12.1. The number of rotatable bonds is 6. The normalized spacial score (nSPS) is 14.4. The molecule has 3 rings (SSSR count). The Bertz CT molecular complexity index is 1600. The van der Waals surface area contributed by atoms with Crippen molar-refractivity contribution >= 4 is 0 Å².